The fraction of sp³-hybridized carbons (Fsp3) is 0.200. The molecule has 103 heavy (non-hydrogen) atoms. The number of hydrogen-bond donors (Lipinski definition) is 7. The number of methoxy groups -OCH3 is 2. The number of phenols is 3. The summed E-state index contributed by atoms with van der Waals surface area (Å²) in [5.74, 6) is -7.10. The van der Waals surface area contributed by atoms with E-state index in [2.05, 4.69) is 71.8 Å². The van der Waals surface area contributed by atoms with E-state index >= 15 is 0 Å². The number of esters is 2. The molecule has 0 atom stereocenters. The van der Waals surface area contributed by atoms with E-state index in [1.807, 2.05) is 115 Å². The molecule has 0 fully saturated rings. The van der Waals surface area contributed by atoms with Crippen LogP contribution >= 0.6 is 113 Å². The van der Waals surface area contributed by atoms with Crippen molar-refractivity contribution < 1.29 is 99.9 Å². The second-order valence-corrected chi connectivity index (χ2v) is 26.8. The Kier molecular flexibility index (Phi) is 51.9. The Labute approximate surface area is 662 Å². The first-order valence-corrected chi connectivity index (χ1v) is 35.1. The summed E-state index contributed by atoms with van der Waals surface area (Å²) in [7, 11) is 7.65. The lowest BCUT2D eigenvalue weighted by molar-refractivity contribution is -0.140. The number of aliphatic hydroxyl groups is 1. The van der Waals surface area contributed by atoms with Gasteiger partial charge in [0, 0.05) is 42.6 Å². The molecule has 7 N–H and O–H groups in total. The third kappa shape index (κ3) is 44.5. The quantitative estimate of drug-likeness (QED) is 0.0381. The zero-order valence-corrected chi connectivity index (χ0v) is 67.9. The summed E-state index contributed by atoms with van der Waals surface area (Å²) >= 11 is 10.00. The number of rotatable bonds is 10. The van der Waals surface area contributed by atoms with E-state index in [9.17, 15) is 54.7 Å². The molecule has 0 saturated heterocycles. The monoisotopic (exact) mass is 2000 g/mol. The second-order valence-electron chi connectivity index (χ2n) is 20.5. The lowest BCUT2D eigenvalue weighted by Gasteiger charge is -2.12. The minimum atomic E-state index is -1.24. The number of aliphatic hydroxyl groups excluding tert-OH is 1. The summed E-state index contributed by atoms with van der Waals surface area (Å²) in [6.07, 6.45) is 1.06. The first-order chi connectivity index (χ1) is 48.4. The van der Waals surface area contributed by atoms with Gasteiger partial charge >= 0.3 is 29.8 Å². The lowest BCUT2D eigenvalue weighted by Crippen LogP contribution is -2.20. The molecule has 0 bridgehead atoms. The minimum Gasteiger partial charge on any atom is -0.508 e. The van der Waals surface area contributed by atoms with Gasteiger partial charge in [-0.1, -0.05) is 67.6 Å². The molecule has 9 aromatic carbocycles. The highest BCUT2D eigenvalue weighted by atomic mass is 127. The SMILES string of the molecule is CC(C)N(C)C.CCc1cccc(O)c1.CO.COC(=O)Cc1ccc(I)cc1F.COC(=O)c1ccc(I)cc1F.Cc1ccc(I)cc1F.Cc1ccc(O)cc1F.N#CCc1ccc(I)cc1F.O=C(O)Cc1cccc(O)c1.O=C(O)c1ccc(I)cc1F.O=C(O)c1ccccc1F. The maximum Gasteiger partial charge on any atom is 0.340 e. The Balaban J connectivity index is 0. The molecule has 9 aromatic rings. The third-order valence-electron chi connectivity index (χ3n) is 12.4. The number of aliphatic carboxylic acids is 1. The minimum absolute atomic E-state index is 0.0146. The van der Waals surface area contributed by atoms with E-state index in [0.717, 1.165) is 39.9 Å². The predicted octanol–water partition coefficient (Wildman–Crippen LogP) is 18.6. The van der Waals surface area contributed by atoms with Crippen molar-refractivity contribution in [1.82, 2.24) is 4.90 Å². The van der Waals surface area contributed by atoms with Crippen LogP contribution in [0.3, 0.4) is 0 Å². The average molecular weight is 2000 g/mol. The molecule has 9 rings (SSSR count). The molecular formula is C75H76F7I5N2O14. The molecule has 0 aromatic heterocycles. The molecule has 16 nitrogen and oxygen atoms in total. The highest BCUT2D eigenvalue weighted by Crippen LogP contribution is 2.18. The van der Waals surface area contributed by atoms with Gasteiger partial charge in [0.05, 0.1) is 56.2 Å². The molecule has 0 unspecified atom stereocenters. The summed E-state index contributed by atoms with van der Waals surface area (Å²) in [6, 6.07) is 48.6. The summed E-state index contributed by atoms with van der Waals surface area (Å²) in [4.78, 5) is 54.5. The smallest absolute Gasteiger partial charge is 0.340 e. The van der Waals surface area contributed by atoms with Gasteiger partial charge < -0.3 is 50.1 Å². The van der Waals surface area contributed by atoms with E-state index < -0.39 is 47.3 Å². The largest absolute Gasteiger partial charge is 0.508 e. The van der Waals surface area contributed by atoms with E-state index in [1.165, 1.54) is 105 Å². The molecule has 0 aliphatic rings. The Bertz CT molecular complexity index is 4100. The fourth-order valence-electron chi connectivity index (χ4n) is 6.47. The van der Waals surface area contributed by atoms with Crippen molar-refractivity contribution in [1.29, 1.82) is 5.26 Å². The zero-order chi connectivity index (χ0) is 79.1. The number of ether oxygens (including phenoxy) is 2. The van der Waals surface area contributed by atoms with Crippen LogP contribution in [0.15, 0.2) is 182 Å². The number of benzene rings is 9. The van der Waals surface area contributed by atoms with Gasteiger partial charge in [-0.25, -0.2) is 45.1 Å². The predicted molar refractivity (Wildman–Crippen MR) is 424 cm³/mol. The van der Waals surface area contributed by atoms with Gasteiger partial charge in [-0.2, -0.15) is 5.26 Å². The van der Waals surface area contributed by atoms with E-state index in [1.54, 1.807) is 80.6 Å². The first-order valence-electron chi connectivity index (χ1n) is 29.7. The van der Waals surface area contributed by atoms with Crippen LogP contribution in [0.5, 0.6) is 17.2 Å². The van der Waals surface area contributed by atoms with E-state index in [0.29, 0.717) is 43.2 Å². The number of carboxylic acid groups (broad SMARTS) is 3. The molecule has 554 valence electrons. The number of nitrogens with zero attached hydrogens (tertiary/aromatic N) is 2. The maximum absolute atomic E-state index is 13.1. The number of carboxylic acids is 3. The molecule has 0 amide bonds. The van der Waals surface area contributed by atoms with Crippen LogP contribution in [-0.2, 0) is 44.7 Å². The molecule has 0 aliphatic heterocycles. The second kappa shape index (κ2) is 54.9. The van der Waals surface area contributed by atoms with Crippen LogP contribution in [0, 0.1) is 83.8 Å². The van der Waals surface area contributed by atoms with Crippen LogP contribution in [-0.4, -0.2) is 112 Å². The van der Waals surface area contributed by atoms with Crippen LogP contribution < -0.4 is 0 Å². The average Bonchev–Trinajstić information content (AvgIpc) is 0.888. The number of phenolic OH excluding ortho intramolecular Hbond substituents is 3. The van der Waals surface area contributed by atoms with Crippen LogP contribution in [0.2, 0.25) is 0 Å². The van der Waals surface area contributed by atoms with Gasteiger partial charge in [0.1, 0.15) is 58.0 Å². The summed E-state index contributed by atoms with van der Waals surface area (Å²) in [5.41, 5.74) is 3.27. The van der Waals surface area contributed by atoms with Crippen LogP contribution in [0.25, 0.3) is 0 Å². The summed E-state index contributed by atoms with van der Waals surface area (Å²) in [5, 5.41) is 67.0. The van der Waals surface area contributed by atoms with Gasteiger partial charge in [0.2, 0.25) is 0 Å². The summed E-state index contributed by atoms with van der Waals surface area (Å²) in [6.45, 7) is 9.80. The standard InChI is InChI=1S/C9H8FIO2.C8H5FIN.C8H6FIO2.C8H8O3.C8H10O.C7H4FIO2.C7H6FI.C7H5FO2.C7H7FO.C5H13N.CH4O/c1-13-9(12)4-6-2-3-7(11)5-8(6)10;9-8-5-7(10)2-1-6(8)3-4-11;1-12-8(11)6-3-2-5(10)4-7(6)9;9-7-3-1-2-6(4-7)5-8(10)11;1-2-7-4-3-5-8(9)6-7;8-6-3-4(9)1-2-5(6)7(10)11;1-5-2-3-6(9)4-7(5)8;8-6-4-2-1-3-5(6)7(9)10;1-5-2-3-6(9)4-7(5)8;1-5(2)6(3)4;1-2/h2-3,5H,4H2,1H3;1-2,5H,3H2;2-4H,1H3;1-4,9H,5H2,(H,10,11);3-6,9H,2H2,1H3;1-3H,(H,10,11);2-4H,1H3;1-4H,(H,9,10);2-4,9H,1H3;5H,1-4H3;2H,1H3. The van der Waals surface area contributed by atoms with Crippen molar-refractivity contribution >= 4 is 143 Å². The van der Waals surface area contributed by atoms with E-state index in [-0.39, 0.29) is 70.7 Å². The molecule has 0 saturated carbocycles. The molecule has 0 radical (unpaired) electrons. The molecular weight excluding hydrogens is 1920 g/mol. The number of hydrogen-bond acceptors (Lipinski definition) is 13. The highest BCUT2D eigenvalue weighted by molar-refractivity contribution is 14.1. The number of aromatic carboxylic acids is 2. The van der Waals surface area contributed by atoms with Crippen molar-refractivity contribution in [3.05, 3.63) is 291 Å². The maximum atomic E-state index is 13.1. The van der Waals surface area contributed by atoms with Crippen LogP contribution in [0.1, 0.15) is 85.2 Å². The number of nitriles is 1. The van der Waals surface area contributed by atoms with Crippen molar-refractivity contribution in [3.63, 3.8) is 0 Å². The first kappa shape index (κ1) is 97.4. The number of aromatic hydroxyl groups is 3. The Hall–Kier alpha value is -7.70. The normalized spacial score (nSPS) is 9.48. The number of carbonyl (C=O) groups is 5. The number of halogens is 12. The van der Waals surface area contributed by atoms with Gasteiger partial charge in [-0.3, -0.25) is 9.59 Å². The Morgan fingerprint density at radius 2 is 0.835 bits per heavy atom. The van der Waals surface area contributed by atoms with E-state index in [4.69, 9.17) is 41.0 Å². The number of aryl methyl sites for hydroxylation is 3. The Morgan fingerprint density at radius 1 is 0.456 bits per heavy atom. The van der Waals surface area contributed by atoms with Crippen molar-refractivity contribution in [2.75, 3.05) is 35.4 Å². The molecule has 0 spiro atoms. The van der Waals surface area contributed by atoms with Crippen LogP contribution in [0.4, 0.5) is 30.7 Å². The van der Waals surface area contributed by atoms with Crippen molar-refractivity contribution in [2.24, 2.45) is 0 Å². The zero-order valence-electron chi connectivity index (χ0n) is 57.1. The lowest BCUT2D eigenvalue weighted by atomic mass is 10.1. The van der Waals surface area contributed by atoms with Gasteiger partial charge in [0.15, 0.2) is 0 Å². The topological polar surface area (TPSA) is 272 Å². The third-order valence-corrected chi connectivity index (χ3v) is 15.7. The van der Waals surface area contributed by atoms with Crippen molar-refractivity contribution in [2.45, 2.75) is 66.3 Å². The highest BCUT2D eigenvalue weighted by Gasteiger charge is 2.13. The molecule has 0 heterocycles. The summed E-state index contributed by atoms with van der Waals surface area (Å²) < 4.78 is 102. The van der Waals surface area contributed by atoms with Crippen molar-refractivity contribution in [3.8, 4) is 23.3 Å². The van der Waals surface area contributed by atoms with Gasteiger partial charge in [-0.05, 0) is 304 Å². The van der Waals surface area contributed by atoms with Gasteiger partial charge in [0.25, 0.3) is 0 Å². The Morgan fingerprint density at radius 3 is 1.17 bits per heavy atom. The molecule has 0 aliphatic carbocycles. The number of carbonyl (C=O) groups excluding carboxylic acids is 2. The van der Waals surface area contributed by atoms with Gasteiger partial charge in [-0.15, -0.1) is 0 Å². The fourth-order valence-corrected chi connectivity index (χ4v) is 8.74. The molecule has 28 heteroatoms.